The molecule has 0 bridgehead atoms. The van der Waals surface area contributed by atoms with Crippen molar-refractivity contribution in [3.05, 3.63) is 65.0 Å². The monoisotopic (exact) mass is 329 g/mol. The van der Waals surface area contributed by atoms with E-state index in [1.54, 1.807) is 12.1 Å². The van der Waals surface area contributed by atoms with Crippen LogP contribution in [-0.4, -0.2) is 11.9 Å². The molecule has 1 aliphatic carbocycles. The lowest BCUT2D eigenvalue weighted by Gasteiger charge is -2.18. The van der Waals surface area contributed by atoms with Crippen molar-refractivity contribution in [3.8, 4) is 0 Å². The highest BCUT2D eigenvalue weighted by atomic mass is 32.2. The predicted molar refractivity (Wildman–Crippen MR) is 92.1 cm³/mol. The first-order chi connectivity index (χ1) is 11.0. The molecule has 0 unspecified atom stereocenters. The van der Waals surface area contributed by atoms with Crippen LogP contribution in [0.5, 0.6) is 0 Å². The Morgan fingerprint density at radius 2 is 1.87 bits per heavy atom. The molecule has 120 valence electrons. The van der Waals surface area contributed by atoms with Crippen molar-refractivity contribution in [1.82, 2.24) is 5.32 Å². The quantitative estimate of drug-likeness (QED) is 0.815. The zero-order chi connectivity index (χ0) is 16.4. The Hall–Kier alpha value is -1.81. The summed E-state index contributed by atoms with van der Waals surface area (Å²) in [6, 6.07) is 12.7. The zero-order valence-corrected chi connectivity index (χ0v) is 14.1. The maximum Gasteiger partial charge on any atom is 0.238 e. The Labute approximate surface area is 140 Å². The van der Waals surface area contributed by atoms with Crippen molar-refractivity contribution in [3.63, 3.8) is 0 Å². The molecule has 2 aromatic carbocycles. The highest BCUT2D eigenvalue weighted by molar-refractivity contribution is 8.00. The largest absolute Gasteiger partial charge is 0.352 e. The zero-order valence-electron chi connectivity index (χ0n) is 13.3. The molecule has 0 radical (unpaired) electrons. The van der Waals surface area contributed by atoms with Crippen molar-refractivity contribution >= 4 is 17.7 Å². The number of halogens is 1. The summed E-state index contributed by atoms with van der Waals surface area (Å²) >= 11 is 1.53. The summed E-state index contributed by atoms with van der Waals surface area (Å²) in [5.41, 5.74) is 3.18. The van der Waals surface area contributed by atoms with Crippen LogP contribution in [0.4, 0.5) is 4.39 Å². The van der Waals surface area contributed by atoms with Crippen molar-refractivity contribution < 1.29 is 9.18 Å². The summed E-state index contributed by atoms with van der Waals surface area (Å²) in [4.78, 5) is 13.7. The number of hydrogen-bond acceptors (Lipinski definition) is 2. The molecule has 1 fully saturated rings. The van der Waals surface area contributed by atoms with E-state index in [0.717, 1.165) is 28.9 Å². The van der Waals surface area contributed by atoms with Gasteiger partial charge in [-0.3, -0.25) is 4.79 Å². The molecule has 0 saturated heterocycles. The van der Waals surface area contributed by atoms with Crippen molar-refractivity contribution in [2.75, 3.05) is 0 Å². The molecule has 1 saturated carbocycles. The minimum Gasteiger partial charge on any atom is -0.352 e. The van der Waals surface area contributed by atoms with E-state index in [9.17, 15) is 9.18 Å². The number of hydrogen-bond donors (Lipinski definition) is 1. The number of carbonyl (C=O) groups is 1. The van der Waals surface area contributed by atoms with Gasteiger partial charge in [0.05, 0.1) is 0 Å². The van der Waals surface area contributed by atoms with Crippen LogP contribution in [0.1, 0.15) is 34.8 Å². The van der Waals surface area contributed by atoms with Gasteiger partial charge in [-0.05, 0) is 56.0 Å². The van der Waals surface area contributed by atoms with Crippen molar-refractivity contribution in [2.24, 2.45) is 0 Å². The van der Waals surface area contributed by atoms with Crippen LogP contribution in [0, 0.1) is 19.7 Å². The topological polar surface area (TPSA) is 29.1 Å². The molecule has 0 spiro atoms. The molecule has 23 heavy (non-hydrogen) atoms. The van der Waals surface area contributed by atoms with Crippen molar-refractivity contribution in [2.45, 2.75) is 42.9 Å². The van der Waals surface area contributed by atoms with Crippen LogP contribution < -0.4 is 5.32 Å². The van der Waals surface area contributed by atoms with Gasteiger partial charge in [0.15, 0.2) is 0 Å². The van der Waals surface area contributed by atoms with Gasteiger partial charge in [0.1, 0.15) is 11.1 Å². The van der Waals surface area contributed by atoms with Crippen LogP contribution in [0.15, 0.2) is 47.4 Å². The molecule has 1 N–H and O–H groups in total. The summed E-state index contributed by atoms with van der Waals surface area (Å²) in [6.45, 7) is 4.11. The van der Waals surface area contributed by atoms with E-state index in [-0.39, 0.29) is 17.0 Å². The van der Waals surface area contributed by atoms with Crippen LogP contribution in [0.25, 0.3) is 0 Å². The number of carbonyl (C=O) groups excluding carboxylic acids is 1. The number of nitrogens with one attached hydrogen (secondary N) is 1. The highest BCUT2D eigenvalue weighted by Gasteiger charge is 2.29. The Bertz CT molecular complexity index is 710. The summed E-state index contributed by atoms with van der Waals surface area (Å²) in [5.74, 6) is -0.282. The Balaban J connectivity index is 1.87. The second-order valence-corrected chi connectivity index (χ2v) is 7.25. The Morgan fingerprint density at radius 1 is 1.17 bits per heavy atom. The number of aryl methyl sites for hydroxylation is 2. The standard InChI is InChI=1S/C19H20FNOS/c1-12-3-10-17(13(2)11-12)23-18(19(22)21-16-8-9-16)14-4-6-15(20)7-5-14/h3-7,10-11,16,18H,8-9H2,1-2H3,(H,21,22)/t18-/m1/s1. The first-order valence-electron chi connectivity index (χ1n) is 7.82. The van der Waals surface area contributed by atoms with Gasteiger partial charge in [0.2, 0.25) is 5.91 Å². The Morgan fingerprint density at radius 3 is 2.48 bits per heavy atom. The molecule has 1 amide bonds. The maximum absolute atomic E-state index is 13.2. The third kappa shape index (κ3) is 4.14. The lowest BCUT2D eigenvalue weighted by atomic mass is 10.1. The first kappa shape index (κ1) is 16.1. The first-order valence-corrected chi connectivity index (χ1v) is 8.70. The second-order valence-electron chi connectivity index (χ2n) is 6.10. The smallest absolute Gasteiger partial charge is 0.238 e. The average Bonchev–Trinajstić information content (AvgIpc) is 3.31. The molecule has 0 aromatic heterocycles. The summed E-state index contributed by atoms with van der Waals surface area (Å²) in [6.07, 6.45) is 2.10. The summed E-state index contributed by atoms with van der Waals surface area (Å²) in [5, 5.41) is 2.70. The van der Waals surface area contributed by atoms with Gasteiger partial charge in [-0.25, -0.2) is 4.39 Å². The molecular formula is C19H20FNOS. The molecular weight excluding hydrogens is 309 g/mol. The van der Waals surface area contributed by atoms with E-state index >= 15 is 0 Å². The van der Waals surface area contributed by atoms with Crippen LogP contribution in [0.3, 0.4) is 0 Å². The van der Waals surface area contributed by atoms with Gasteiger partial charge < -0.3 is 5.32 Å². The fraction of sp³-hybridized carbons (Fsp3) is 0.316. The minimum atomic E-state index is -0.363. The van der Waals surface area contributed by atoms with E-state index in [2.05, 4.69) is 37.4 Å². The lowest BCUT2D eigenvalue weighted by Crippen LogP contribution is -2.29. The van der Waals surface area contributed by atoms with Crippen LogP contribution in [-0.2, 0) is 4.79 Å². The fourth-order valence-electron chi connectivity index (χ4n) is 2.47. The SMILES string of the molecule is Cc1ccc(S[C@@H](C(=O)NC2CC2)c2ccc(F)cc2)c(C)c1. The molecule has 4 heteroatoms. The molecule has 2 aromatic rings. The number of benzene rings is 2. The summed E-state index contributed by atoms with van der Waals surface area (Å²) in [7, 11) is 0. The normalized spacial score (nSPS) is 15.3. The molecule has 1 atom stereocenters. The molecule has 0 heterocycles. The highest BCUT2D eigenvalue weighted by Crippen LogP contribution is 2.38. The van der Waals surface area contributed by atoms with E-state index in [4.69, 9.17) is 0 Å². The Kier molecular flexibility index (Phi) is 4.71. The van der Waals surface area contributed by atoms with E-state index in [1.165, 1.54) is 29.5 Å². The summed E-state index contributed by atoms with van der Waals surface area (Å²) < 4.78 is 13.2. The van der Waals surface area contributed by atoms with E-state index in [1.807, 2.05) is 0 Å². The lowest BCUT2D eigenvalue weighted by molar-refractivity contribution is -0.120. The van der Waals surface area contributed by atoms with Crippen LogP contribution in [0.2, 0.25) is 0 Å². The maximum atomic E-state index is 13.2. The van der Waals surface area contributed by atoms with Gasteiger partial charge in [-0.2, -0.15) is 0 Å². The second kappa shape index (κ2) is 6.75. The molecule has 2 nitrogen and oxygen atoms in total. The van der Waals surface area contributed by atoms with Gasteiger partial charge >= 0.3 is 0 Å². The van der Waals surface area contributed by atoms with E-state index < -0.39 is 0 Å². The number of rotatable bonds is 5. The van der Waals surface area contributed by atoms with Crippen LogP contribution >= 0.6 is 11.8 Å². The third-order valence-corrected chi connectivity index (χ3v) is 5.34. The van der Waals surface area contributed by atoms with Crippen molar-refractivity contribution in [1.29, 1.82) is 0 Å². The number of thioether (sulfide) groups is 1. The molecule has 0 aliphatic heterocycles. The minimum absolute atomic E-state index is 0.00378. The van der Waals surface area contributed by atoms with Gasteiger partial charge in [-0.15, -0.1) is 11.8 Å². The van der Waals surface area contributed by atoms with Gasteiger partial charge in [-0.1, -0.05) is 29.8 Å². The van der Waals surface area contributed by atoms with E-state index in [0.29, 0.717) is 6.04 Å². The molecule has 3 rings (SSSR count). The van der Waals surface area contributed by atoms with Gasteiger partial charge in [0.25, 0.3) is 0 Å². The predicted octanol–water partition coefficient (Wildman–Crippen LogP) is 4.55. The average molecular weight is 329 g/mol. The van der Waals surface area contributed by atoms with Gasteiger partial charge in [0, 0.05) is 10.9 Å². The number of amides is 1. The third-order valence-electron chi connectivity index (χ3n) is 3.91. The molecule has 1 aliphatic rings. The fourth-order valence-corrected chi connectivity index (χ4v) is 3.59.